The maximum Gasteiger partial charge on any atom is 0.0972 e. The van der Waals surface area contributed by atoms with Crippen molar-refractivity contribution in [3.63, 3.8) is 0 Å². The predicted molar refractivity (Wildman–Crippen MR) is 202 cm³/mol. The van der Waals surface area contributed by atoms with Gasteiger partial charge in [0.25, 0.3) is 0 Å². The Morgan fingerprint density at radius 2 is 0.959 bits per heavy atom. The fraction of sp³-hybridized carbons (Fsp3) is 0.0213. The second-order valence-electron chi connectivity index (χ2n) is 13.3. The van der Waals surface area contributed by atoms with E-state index in [-0.39, 0.29) is 0 Å². The van der Waals surface area contributed by atoms with Gasteiger partial charge in [-0.3, -0.25) is 4.98 Å². The van der Waals surface area contributed by atoms with E-state index in [9.17, 15) is 0 Å². The van der Waals surface area contributed by atoms with Crippen LogP contribution in [-0.2, 0) is 5.41 Å². The zero-order chi connectivity index (χ0) is 32.1. The lowest BCUT2D eigenvalue weighted by atomic mass is 9.61. The fourth-order valence-electron chi connectivity index (χ4n) is 8.92. The molecule has 49 heavy (non-hydrogen) atoms. The Morgan fingerprint density at radius 1 is 0.367 bits per heavy atom. The van der Waals surface area contributed by atoms with Gasteiger partial charge in [0.15, 0.2) is 0 Å². The first-order chi connectivity index (χ1) is 24.3. The summed E-state index contributed by atoms with van der Waals surface area (Å²) in [7, 11) is 0. The quantitative estimate of drug-likeness (QED) is 0.180. The molecule has 226 valence electrons. The Hall–Kier alpha value is -6.38. The number of rotatable bonds is 2. The highest BCUT2D eigenvalue weighted by atomic mass is 14.7. The van der Waals surface area contributed by atoms with Crippen LogP contribution in [0.3, 0.4) is 0 Å². The lowest BCUT2D eigenvalue weighted by Gasteiger charge is -2.40. The molecule has 2 aromatic heterocycles. The van der Waals surface area contributed by atoms with Gasteiger partial charge in [-0.2, -0.15) is 0 Å². The van der Waals surface area contributed by atoms with Gasteiger partial charge in [-0.1, -0.05) is 152 Å². The van der Waals surface area contributed by atoms with E-state index in [4.69, 9.17) is 4.98 Å². The second kappa shape index (κ2) is 9.82. The topological polar surface area (TPSA) is 25.8 Å². The first-order valence-electron chi connectivity index (χ1n) is 16.9. The van der Waals surface area contributed by atoms with Gasteiger partial charge in [0, 0.05) is 22.5 Å². The second-order valence-corrected chi connectivity index (χ2v) is 13.3. The van der Waals surface area contributed by atoms with E-state index in [2.05, 4.69) is 163 Å². The van der Waals surface area contributed by atoms with Crippen LogP contribution in [0.5, 0.6) is 0 Å². The van der Waals surface area contributed by atoms with E-state index < -0.39 is 5.41 Å². The van der Waals surface area contributed by atoms with E-state index in [1.807, 2.05) is 12.3 Å². The maximum absolute atomic E-state index is 5.12. The van der Waals surface area contributed by atoms with Crippen molar-refractivity contribution in [2.24, 2.45) is 0 Å². The lowest BCUT2D eigenvalue weighted by molar-refractivity contribution is 0.773. The first-order valence-corrected chi connectivity index (χ1v) is 16.9. The number of fused-ring (bicyclic) bond motifs is 12. The smallest absolute Gasteiger partial charge is 0.0972 e. The van der Waals surface area contributed by atoms with Crippen LogP contribution in [0.15, 0.2) is 170 Å². The molecule has 1 spiro atoms. The monoisotopic (exact) mass is 620 g/mol. The van der Waals surface area contributed by atoms with Crippen molar-refractivity contribution in [2.45, 2.75) is 5.41 Å². The zero-order valence-corrected chi connectivity index (χ0v) is 26.6. The molecular formula is C47H28N2. The summed E-state index contributed by atoms with van der Waals surface area (Å²) in [6, 6.07) is 60.2. The summed E-state index contributed by atoms with van der Waals surface area (Å²) in [5.41, 5.74) is 16.6. The molecule has 0 N–H and O–H groups in total. The number of pyridine rings is 2. The molecule has 1 unspecified atom stereocenters. The van der Waals surface area contributed by atoms with Gasteiger partial charge >= 0.3 is 0 Å². The van der Waals surface area contributed by atoms with Crippen molar-refractivity contribution >= 4 is 32.6 Å². The molecule has 2 heteroatoms. The first kappa shape index (κ1) is 26.7. The number of aromatic nitrogens is 2. The van der Waals surface area contributed by atoms with E-state index in [1.54, 1.807) is 0 Å². The maximum atomic E-state index is 5.12. The van der Waals surface area contributed by atoms with Crippen molar-refractivity contribution in [3.8, 4) is 44.6 Å². The Balaban J connectivity index is 1.12. The molecule has 9 aromatic rings. The fourth-order valence-corrected chi connectivity index (χ4v) is 8.92. The van der Waals surface area contributed by atoms with Gasteiger partial charge in [-0.05, 0) is 78.5 Å². The molecule has 0 radical (unpaired) electrons. The van der Waals surface area contributed by atoms with Crippen LogP contribution in [0.4, 0.5) is 0 Å². The predicted octanol–water partition coefficient (Wildman–Crippen LogP) is 11.6. The standard InChI is InChI=1S/C47H28N2/c1-3-16-38-35(12-1)36-15-5-9-31-10-6-18-40(43(31)36)47(38)39-17-4-2-13-37(39)44-34(14-7-19-41(44)47)29-20-22-30(23-21-29)42-27-26-33-25-24-32-11-8-28-48-45(32)46(33)49-42/h1-28H. The summed E-state index contributed by atoms with van der Waals surface area (Å²) in [4.78, 5) is 9.78. The number of benzene rings is 7. The SMILES string of the molecule is c1ccc2c(c1)-c1c(-c3ccc(-c4ccc5ccc6cccnc6c5n4)cc3)cccc1C21c2ccccc2-c2cccc3cccc1c23. The number of hydrogen-bond acceptors (Lipinski definition) is 2. The highest BCUT2D eigenvalue weighted by Gasteiger charge is 2.50. The van der Waals surface area contributed by atoms with Gasteiger partial charge < -0.3 is 0 Å². The van der Waals surface area contributed by atoms with Crippen molar-refractivity contribution in [3.05, 3.63) is 192 Å². The van der Waals surface area contributed by atoms with Crippen LogP contribution in [0.25, 0.3) is 77.2 Å². The number of hydrogen-bond donors (Lipinski definition) is 0. The third kappa shape index (κ3) is 3.50. The largest absolute Gasteiger partial charge is 0.254 e. The minimum Gasteiger partial charge on any atom is -0.254 e. The van der Waals surface area contributed by atoms with E-state index >= 15 is 0 Å². The highest BCUT2D eigenvalue weighted by molar-refractivity contribution is 6.08. The van der Waals surface area contributed by atoms with Crippen LogP contribution in [0.2, 0.25) is 0 Å². The van der Waals surface area contributed by atoms with Crippen LogP contribution in [0.1, 0.15) is 22.3 Å². The Kier molecular flexibility index (Phi) is 5.34. The summed E-state index contributed by atoms with van der Waals surface area (Å²) >= 11 is 0. The van der Waals surface area contributed by atoms with Gasteiger partial charge in [0.05, 0.1) is 22.1 Å². The summed E-state index contributed by atoms with van der Waals surface area (Å²) in [6.07, 6.45) is 1.84. The lowest BCUT2D eigenvalue weighted by Crippen LogP contribution is -2.31. The molecule has 11 rings (SSSR count). The zero-order valence-electron chi connectivity index (χ0n) is 26.6. The van der Waals surface area contributed by atoms with Gasteiger partial charge in [0.1, 0.15) is 0 Å². The van der Waals surface area contributed by atoms with Gasteiger partial charge in [-0.15, -0.1) is 0 Å². The highest BCUT2D eigenvalue weighted by Crippen LogP contribution is 2.63. The molecule has 0 fully saturated rings. The molecule has 0 aliphatic heterocycles. The molecule has 2 aliphatic carbocycles. The van der Waals surface area contributed by atoms with Crippen LogP contribution in [0, 0.1) is 0 Å². The van der Waals surface area contributed by atoms with Crippen LogP contribution in [-0.4, -0.2) is 9.97 Å². The summed E-state index contributed by atoms with van der Waals surface area (Å²) in [6.45, 7) is 0. The van der Waals surface area contributed by atoms with E-state index in [1.165, 1.54) is 66.4 Å². The van der Waals surface area contributed by atoms with Crippen molar-refractivity contribution in [2.75, 3.05) is 0 Å². The molecule has 0 saturated heterocycles. The Labute approximate surface area is 284 Å². The van der Waals surface area contributed by atoms with E-state index in [0.717, 1.165) is 33.1 Å². The molecular weight excluding hydrogens is 593 g/mol. The van der Waals surface area contributed by atoms with Crippen LogP contribution < -0.4 is 0 Å². The van der Waals surface area contributed by atoms with E-state index in [0.29, 0.717) is 0 Å². The summed E-state index contributed by atoms with van der Waals surface area (Å²) in [5, 5.41) is 4.84. The van der Waals surface area contributed by atoms with Gasteiger partial charge in [0.2, 0.25) is 0 Å². The molecule has 2 heterocycles. The minimum absolute atomic E-state index is 0.418. The van der Waals surface area contributed by atoms with Crippen molar-refractivity contribution in [1.82, 2.24) is 9.97 Å². The third-order valence-electron chi connectivity index (χ3n) is 10.9. The summed E-state index contributed by atoms with van der Waals surface area (Å²) < 4.78 is 0. The average Bonchev–Trinajstić information content (AvgIpc) is 3.47. The molecule has 2 nitrogen and oxygen atoms in total. The Morgan fingerprint density at radius 3 is 1.82 bits per heavy atom. The third-order valence-corrected chi connectivity index (χ3v) is 10.9. The molecule has 0 bridgehead atoms. The molecule has 0 saturated carbocycles. The molecule has 2 aliphatic rings. The average molecular weight is 621 g/mol. The minimum atomic E-state index is -0.418. The normalized spacial score (nSPS) is 15.4. The van der Waals surface area contributed by atoms with Crippen LogP contribution >= 0.6 is 0 Å². The molecule has 7 aromatic carbocycles. The number of nitrogens with zero attached hydrogens (tertiary/aromatic N) is 2. The molecule has 1 atom stereocenters. The van der Waals surface area contributed by atoms with Crippen molar-refractivity contribution < 1.29 is 0 Å². The summed E-state index contributed by atoms with van der Waals surface area (Å²) in [5.74, 6) is 0. The van der Waals surface area contributed by atoms with Gasteiger partial charge in [-0.25, -0.2) is 4.98 Å². The molecule has 0 amide bonds. The van der Waals surface area contributed by atoms with Crippen molar-refractivity contribution in [1.29, 1.82) is 0 Å². The Bertz CT molecular complexity index is 2820.